The first-order chi connectivity index (χ1) is 14.8. The molecule has 2 aromatic rings. The highest BCUT2D eigenvalue weighted by molar-refractivity contribution is 7.90. The number of carbonyl (C=O) groups is 2. The molecular formula is C21H22ClN3O5S. The lowest BCUT2D eigenvalue weighted by atomic mass is 9.88. The van der Waals surface area contributed by atoms with Crippen molar-refractivity contribution in [1.29, 1.82) is 0 Å². The molecule has 31 heavy (non-hydrogen) atoms. The van der Waals surface area contributed by atoms with Crippen molar-refractivity contribution in [1.82, 2.24) is 4.72 Å². The first kappa shape index (κ1) is 21.5. The van der Waals surface area contributed by atoms with Gasteiger partial charge in [-0.05, 0) is 67.3 Å². The molecule has 0 aliphatic carbocycles. The third kappa shape index (κ3) is 4.33. The van der Waals surface area contributed by atoms with Crippen LogP contribution >= 0.6 is 11.6 Å². The van der Waals surface area contributed by atoms with Gasteiger partial charge in [0.2, 0.25) is 5.91 Å². The van der Waals surface area contributed by atoms with E-state index in [1.165, 1.54) is 12.1 Å². The van der Waals surface area contributed by atoms with E-state index in [2.05, 4.69) is 10.1 Å². The van der Waals surface area contributed by atoms with Gasteiger partial charge < -0.3 is 15.0 Å². The van der Waals surface area contributed by atoms with Crippen molar-refractivity contribution in [2.45, 2.75) is 30.2 Å². The van der Waals surface area contributed by atoms with Crippen molar-refractivity contribution >= 4 is 45.0 Å². The van der Waals surface area contributed by atoms with E-state index in [1.54, 1.807) is 21.8 Å². The van der Waals surface area contributed by atoms with E-state index in [9.17, 15) is 18.0 Å². The van der Waals surface area contributed by atoms with Crippen LogP contribution < -0.4 is 14.9 Å². The first-order valence-corrected chi connectivity index (χ1v) is 11.7. The number of carbonyl (C=O) groups excluding carboxylic acids is 2. The van der Waals surface area contributed by atoms with Crippen LogP contribution in [0.4, 0.5) is 16.2 Å². The first-order valence-electron chi connectivity index (χ1n) is 9.85. The number of hydrogen-bond acceptors (Lipinski definition) is 6. The number of anilines is 2. The average Bonchev–Trinajstić information content (AvgIpc) is 3.14. The van der Waals surface area contributed by atoms with Crippen LogP contribution in [0.1, 0.15) is 18.4 Å². The average molecular weight is 464 g/mol. The molecule has 2 amide bonds. The second-order valence-electron chi connectivity index (χ2n) is 7.57. The van der Waals surface area contributed by atoms with Gasteiger partial charge in [0.1, 0.15) is 0 Å². The molecule has 0 aromatic heterocycles. The molecule has 0 saturated carbocycles. The van der Waals surface area contributed by atoms with E-state index >= 15 is 0 Å². The number of methoxy groups -OCH3 is 1. The molecular weight excluding hydrogens is 442 g/mol. The molecule has 0 radical (unpaired) electrons. The topological polar surface area (TPSA) is 105 Å². The van der Waals surface area contributed by atoms with Gasteiger partial charge in [-0.1, -0.05) is 11.6 Å². The van der Waals surface area contributed by atoms with Crippen LogP contribution in [0.25, 0.3) is 0 Å². The molecule has 2 aromatic carbocycles. The molecule has 1 saturated heterocycles. The van der Waals surface area contributed by atoms with Gasteiger partial charge in [0.15, 0.2) is 0 Å². The van der Waals surface area contributed by atoms with Gasteiger partial charge >= 0.3 is 6.09 Å². The Morgan fingerprint density at radius 1 is 1.19 bits per heavy atom. The molecule has 4 rings (SSSR count). The molecule has 0 spiro atoms. The summed E-state index contributed by atoms with van der Waals surface area (Å²) in [5, 5.41) is 4.19. The fourth-order valence-corrected chi connectivity index (χ4v) is 5.25. The van der Waals surface area contributed by atoms with Gasteiger partial charge in [-0.3, -0.25) is 4.79 Å². The maximum atomic E-state index is 13.1. The molecule has 10 heteroatoms. The summed E-state index contributed by atoms with van der Waals surface area (Å²) in [5.74, 6) is -0.147. The van der Waals surface area contributed by atoms with Gasteiger partial charge in [0, 0.05) is 29.0 Å². The van der Waals surface area contributed by atoms with Crippen LogP contribution in [0, 0.1) is 5.92 Å². The van der Waals surface area contributed by atoms with E-state index in [4.69, 9.17) is 11.6 Å². The van der Waals surface area contributed by atoms with Crippen LogP contribution in [0.3, 0.4) is 0 Å². The molecule has 2 N–H and O–H groups in total. The number of nitrogens with zero attached hydrogens (tertiary/aromatic N) is 1. The number of sulfonamides is 1. The second-order valence-corrected chi connectivity index (χ2v) is 9.69. The van der Waals surface area contributed by atoms with Gasteiger partial charge in [-0.15, -0.1) is 0 Å². The molecule has 164 valence electrons. The number of fused-ring (bicyclic) bond motifs is 1. The van der Waals surface area contributed by atoms with Crippen LogP contribution in [-0.4, -0.2) is 40.1 Å². The minimum atomic E-state index is -4.03. The highest BCUT2D eigenvalue weighted by atomic mass is 35.5. The van der Waals surface area contributed by atoms with Crippen LogP contribution in [-0.2, 0) is 26.0 Å². The quantitative estimate of drug-likeness (QED) is 0.721. The molecule has 2 atom stereocenters. The van der Waals surface area contributed by atoms with Crippen molar-refractivity contribution in [2.75, 3.05) is 23.9 Å². The molecule has 0 bridgehead atoms. The molecule has 2 aliphatic rings. The fraction of sp³-hybridized carbons (Fsp3) is 0.333. The Bertz CT molecular complexity index is 1120. The van der Waals surface area contributed by atoms with Gasteiger partial charge in [0.25, 0.3) is 10.0 Å². The lowest BCUT2D eigenvalue weighted by Crippen LogP contribution is -2.38. The zero-order chi connectivity index (χ0) is 22.2. The maximum absolute atomic E-state index is 13.1. The summed E-state index contributed by atoms with van der Waals surface area (Å²) < 4.78 is 30.5. The number of amides is 2. The number of halogens is 1. The Kier molecular flexibility index (Phi) is 5.81. The Labute approximate surface area is 185 Å². The van der Waals surface area contributed by atoms with E-state index in [0.29, 0.717) is 23.7 Å². The molecule has 2 heterocycles. The van der Waals surface area contributed by atoms with Gasteiger partial charge in [-0.2, -0.15) is 0 Å². The Hall–Kier alpha value is -2.78. The summed E-state index contributed by atoms with van der Waals surface area (Å²) in [5.41, 5.74) is 2.79. The predicted molar refractivity (Wildman–Crippen MR) is 117 cm³/mol. The molecule has 1 unspecified atom stereocenters. The SMILES string of the molecule is COC(=O)NS(=O)(=O)c1ccc(N2CCC([C@@H]3CCc4cc(Cl)ccc4N3)C2=O)cc1. The minimum Gasteiger partial charge on any atom is -0.452 e. The lowest BCUT2D eigenvalue weighted by Gasteiger charge is -2.30. The van der Waals surface area contributed by atoms with Crippen molar-refractivity contribution in [3.63, 3.8) is 0 Å². The lowest BCUT2D eigenvalue weighted by molar-refractivity contribution is -0.120. The van der Waals surface area contributed by atoms with Crippen molar-refractivity contribution in [2.24, 2.45) is 5.92 Å². The number of rotatable bonds is 4. The normalized spacial score (nSPS) is 20.7. The van der Waals surface area contributed by atoms with Crippen LogP contribution in [0.15, 0.2) is 47.4 Å². The van der Waals surface area contributed by atoms with Crippen molar-refractivity contribution in [3.8, 4) is 0 Å². The summed E-state index contributed by atoms with van der Waals surface area (Å²) in [7, 11) is -2.95. The third-order valence-electron chi connectivity index (χ3n) is 5.73. The highest BCUT2D eigenvalue weighted by Crippen LogP contribution is 2.35. The number of nitrogens with one attached hydrogen (secondary N) is 2. The third-order valence-corrected chi connectivity index (χ3v) is 7.29. The predicted octanol–water partition coefficient (Wildman–Crippen LogP) is 3.16. The number of aryl methyl sites for hydroxylation is 1. The molecule has 1 fully saturated rings. The number of hydrogen-bond donors (Lipinski definition) is 2. The van der Waals surface area contributed by atoms with Crippen molar-refractivity contribution < 1.29 is 22.7 Å². The highest BCUT2D eigenvalue weighted by Gasteiger charge is 2.39. The van der Waals surface area contributed by atoms with Crippen LogP contribution in [0.2, 0.25) is 5.02 Å². The second kappa shape index (κ2) is 8.39. The zero-order valence-electron chi connectivity index (χ0n) is 16.8. The standard InChI is InChI=1S/C21H22ClN3O5S/c1-30-21(27)24-31(28,29)16-6-4-15(5-7-16)25-11-10-17(20(25)26)19-8-2-13-12-14(22)3-9-18(13)23-19/h3-7,9,12,17,19,23H,2,8,10-11H2,1H3,(H,24,27)/t17?,19-/m0/s1. The van der Waals surface area contributed by atoms with Crippen molar-refractivity contribution in [3.05, 3.63) is 53.1 Å². The van der Waals surface area contributed by atoms with E-state index in [1.807, 2.05) is 18.2 Å². The summed E-state index contributed by atoms with van der Waals surface area (Å²) in [6.07, 6.45) is 1.35. The Morgan fingerprint density at radius 3 is 2.65 bits per heavy atom. The van der Waals surface area contributed by atoms with E-state index in [-0.39, 0.29) is 22.8 Å². The largest absolute Gasteiger partial charge is 0.452 e. The number of benzene rings is 2. The summed E-state index contributed by atoms with van der Waals surface area (Å²) in [4.78, 5) is 25.9. The number of ether oxygens (including phenoxy) is 1. The summed E-state index contributed by atoms with van der Waals surface area (Å²) >= 11 is 6.07. The monoisotopic (exact) mass is 463 g/mol. The van der Waals surface area contributed by atoms with Crippen LogP contribution in [0.5, 0.6) is 0 Å². The summed E-state index contributed by atoms with van der Waals surface area (Å²) in [6.45, 7) is 0.557. The van der Waals surface area contributed by atoms with Gasteiger partial charge in [-0.25, -0.2) is 17.9 Å². The molecule has 8 nitrogen and oxygen atoms in total. The van der Waals surface area contributed by atoms with E-state index < -0.39 is 16.1 Å². The Morgan fingerprint density at radius 2 is 1.94 bits per heavy atom. The fourth-order valence-electron chi connectivity index (χ4n) is 4.14. The van der Waals surface area contributed by atoms with E-state index in [0.717, 1.165) is 31.2 Å². The Balaban J connectivity index is 1.46. The minimum absolute atomic E-state index is 0.0122. The summed E-state index contributed by atoms with van der Waals surface area (Å²) in [6, 6.07) is 11.6. The zero-order valence-corrected chi connectivity index (χ0v) is 18.4. The maximum Gasteiger partial charge on any atom is 0.420 e. The van der Waals surface area contributed by atoms with Gasteiger partial charge in [0.05, 0.1) is 17.9 Å². The smallest absolute Gasteiger partial charge is 0.420 e. The molecule has 2 aliphatic heterocycles.